The second-order valence-electron chi connectivity index (χ2n) is 19.7. The van der Waals surface area contributed by atoms with Crippen molar-refractivity contribution in [1.29, 1.82) is 0 Å². The van der Waals surface area contributed by atoms with Crippen molar-refractivity contribution >= 4 is 11.0 Å². The molecule has 2 aromatic heterocycles. The van der Waals surface area contributed by atoms with Crippen molar-refractivity contribution in [2.24, 2.45) is 0 Å². The van der Waals surface area contributed by atoms with Crippen molar-refractivity contribution in [1.82, 2.24) is 4.57 Å². The minimum absolute atomic E-state index is 0.137. The molecule has 3 aliphatic heterocycles. The maximum Gasteiger partial charge on any atom is 0.499 e. The maximum absolute atomic E-state index is 7.79. The van der Waals surface area contributed by atoms with Gasteiger partial charge in [0.05, 0.1) is 5.56 Å². The molecule has 0 fully saturated rings. The van der Waals surface area contributed by atoms with Crippen LogP contribution >= 0.6 is 0 Å². The number of ether oxygens (including phenoxy) is 1. The molecule has 69 heavy (non-hydrogen) atoms. The van der Waals surface area contributed by atoms with Gasteiger partial charge in [0.15, 0.2) is 17.2 Å². The number of benzene rings is 9. The van der Waals surface area contributed by atoms with E-state index in [0.717, 1.165) is 61.8 Å². The fraction of sp³-hybridized carbons (Fsp3) is 0.0769. The third-order valence-corrected chi connectivity index (χ3v) is 14.7. The smallest absolute Gasteiger partial charge is 0.392 e. The molecule has 0 radical (unpaired) electrons. The lowest BCUT2D eigenvalue weighted by Crippen LogP contribution is -2.78. The average molecular weight is 886 g/mol. The lowest BCUT2D eigenvalue weighted by Gasteiger charge is -2.32. The van der Waals surface area contributed by atoms with Crippen LogP contribution < -0.4 is 13.9 Å². The van der Waals surface area contributed by atoms with E-state index >= 15 is 0 Å². The molecule has 4 heteroatoms. The van der Waals surface area contributed by atoms with Gasteiger partial charge in [-0.2, -0.15) is 4.57 Å². The Kier molecular flexibility index (Phi) is 8.43. The predicted octanol–water partition coefficient (Wildman–Crippen LogP) is 15.1. The van der Waals surface area contributed by atoms with Crippen LogP contribution in [0.25, 0.3) is 106 Å². The number of fused-ring (bicyclic) bond motifs is 5. The molecule has 0 saturated carbocycles. The van der Waals surface area contributed by atoms with E-state index in [-0.39, 0.29) is 5.41 Å². The van der Waals surface area contributed by atoms with Crippen molar-refractivity contribution in [3.63, 3.8) is 0 Å². The van der Waals surface area contributed by atoms with Crippen LogP contribution in [-0.4, -0.2) is 4.57 Å². The van der Waals surface area contributed by atoms with E-state index < -0.39 is 5.85 Å². The predicted molar refractivity (Wildman–Crippen MR) is 279 cm³/mol. The summed E-state index contributed by atoms with van der Waals surface area (Å²) in [7, 11) is 0. The highest BCUT2D eigenvalue weighted by molar-refractivity contribution is 6.00. The zero-order valence-corrected chi connectivity index (χ0v) is 38.7. The van der Waals surface area contributed by atoms with Gasteiger partial charge < -0.3 is 4.74 Å². The summed E-state index contributed by atoms with van der Waals surface area (Å²) in [6, 6.07) is 82.1. The molecule has 0 aliphatic carbocycles. The quantitative estimate of drug-likeness (QED) is 0.153. The fourth-order valence-corrected chi connectivity index (χ4v) is 11.6. The van der Waals surface area contributed by atoms with E-state index in [1.54, 1.807) is 0 Å². The van der Waals surface area contributed by atoms with Crippen LogP contribution in [0.3, 0.4) is 0 Å². The first-order valence-corrected chi connectivity index (χ1v) is 24.0. The highest BCUT2D eigenvalue weighted by Crippen LogP contribution is 2.55. The summed E-state index contributed by atoms with van der Waals surface area (Å²) in [5, 5.41) is 0. The summed E-state index contributed by atoms with van der Waals surface area (Å²) < 4.78 is 15.3. The molecule has 0 bridgehead atoms. The Labute approximate surface area is 402 Å². The zero-order chi connectivity index (χ0) is 46.0. The number of pyridine rings is 1. The summed E-state index contributed by atoms with van der Waals surface area (Å²) in [4.78, 5) is 0. The van der Waals surface area contributed by atoms with Crippen LogP contribution in [-0.2, 0) is 11.3 Å². The Bertz CT molecular complexity index is 3870. The lowest BCUT2D eigenvalue weighted by molar-refractivity contribution is -0.997. The van der Waals surface area contributed by atoms with Crippen LogP contribution in [0.5, 0.6) is 5.75 Å². The Balaban J connectivity index is 1.10. The van der Waals surface area contributed by atoms with Gasteiger partial charge in [0.1, 0.15) is 22.6 Å². The molecule has 0 saturated heterocycles. The monoisotopic (exact) mass is 885 g/mol. The molecule has 0 N–H and O–H groups in total. The number of hydrogen-bond donors (Lipinski definition) is 0. The molecule has 9 aromatic carbocycles. The van der Waals surface area contributed by atoms with Crippen LogP contribution in [0, 0.1) is 0 Å². The summed E-state index contributed by atoms with van der Waals surface area (Å²) in [5.41, 5.74) is 23.2. The fourth-order valence-electron chi connectivity index (χ4n) is 11.6. The van der Waals surface area contributed by atoms with Crippen LogP contribution in [0.4, 0.5) is 0 Å². The molecule has 3 aliphatic rings. The first-order valence-electron chi connectivity index (χ1n) is 24.0. The molecule has 1 spiro atoms. The van der Waals surface area contributed by atoms with E-state index in [9.17, 15) is 0 Å². The Morgan fingerprint density at radius 3 is 1.64 bits per heavy atom. The third kappa shape index (κ3) is 5.76. The van der Waals surface area contributed by atoms with Gasteiger partial charge in [0, 0.05) is 28.8 Å². The summed E-state index contributed by atoms with van der Waals surface area (Å²) in [5.74, 6) is 0.821. The average Bonchev–Trinajstić information content (AvgIpc) is 3.90. The second kappa shape index (κ2) is 14.7. The van der Waals surface area contributed by atoms with Crippen molar-refractivity contribution in [2.75, 3.05) is 0 Å². The summed E-state index contributed by atoms with van der Waals surface area (Å²) in [6.07, 6.45) is 2.27. The molecule has 11 aromatic rings. The molecule has 5 heterocycles. The summed E-state index contributed by atoms with van der Waals surface area (Å²) in [6.45, 7) is 6.99. The van der Waals surface area contributed by atoms with Crippen molar-refractivity contribution in [2.45, 2.75) is 32.0 Å². The molecule has 14 rings (SSSR count). The highest BCUT2D eigenvalue weighted by atomic mass is 16.5. The van der Waals surface area contributed by atoms with Gasteiger partial charge in [-0.05, 0) is 110 Å². The van der Waals surface area contributed by atoms with E-state index in [1.165, 1.54) is 61.2 Å². The molecule has 1 unspecified atom stereocenters. The molecule has 0 amide bonds. The minimum Gasteiger partial charge on any atom is -0.392 e. The highest BCUT2D eigenvalue weighted by Gasteiger charge is 2.68. The van der Waals surface area contributed by atoms with E-state index in [1.807, 2.05) is 0 Å². The van der Waals surface area contributed by atoms with Gasteiger partial charge in [0.25, 0.3) is 0 Å². The Morgan fingerprint density at radius 2 is 0.971 bits per heavy atom. The molecule has 1 atom stereocenters. The number of aromatic nitrogens is 3. The Hall–Kier alpha value is -8.60. The van der Waals surface area contributed by atoms with Crippen molar-refractivity contribution in [3.05, 3.63) is 242 Å². The van der Waals surface area contributed by atoms with E-state index in [2.05, 4.69) is 265 Å². The minimum atomic E-state index is -1.09. The van der Waals surface area contributed by atoms with Gasteiger partial charge in [-0.15, -0.1) is 9.13 Å². The number of rotatable bonds is 6. The standard InChI is InChI=1S/C65H47N3O/c1-64(2,3)56-40-53(47-25-14-7-15-26-47)59(41-52(56)46-23-12-6-13-24-46)67-57-29-18-28-50-54-37-49(43-21-10-5-11-22-43)38-55-58-39-48(45-33-31-44(32-34-45)42-19-8-4-9-20-42)35-36-66(58)65(61(54)55)68(62(50)57)63(67)51-27-16-17-30-60(51)69-65/h4-41H,1-3H3/q+2. The first-order chi connectivity index (χ1) is 33.8. The van der Waals surface area contributed by atoms with Gasteiger partial charge in [0.2, 0.25) is 5.69 Å². The summed E-state index contributed by atoms with van der Waals surface area (Å²) >= 11 is 0. The van der Waals surface area contributed by atoms with Gasteiger partial charge in [-0.1, -0.05) is 185 Å². The normalized spacial score (nSPS) is 14.8. The topological polar surface area (TPSA) is 21.9 Å². The number of nitrogens with zero attached hydrogens (tertiary/aromatic N) is 3. The van der Waals surface area contributed by atoms with Crippen molar-refractivity contribution < 1.29 is 13.9 Å². The van der Waals surface area contributed by atoms with Crippen LogP contribution in [0.2, 0.25) is 0 Å². The number of imidazole rings is 1. The van der Waals surface area contributed by atoms with E-state index in [4.69, 9.17) is 4.74 Å². The molecular formula is C65H47N3O+2. The largest absolute Gasteiger partial charge is 0.499 e. The lowest BCUT2D eigenvalue weighted by atomic mass is 9.79. The Morgan fingerprint density at radius 1 is 0.420 bits per heavy atom. The van der Waals surface area contributed by atoms with E-state index in [0.29, 0.717) is 0 Å². The molecule has 326 valence electrons. The van der Waals surface area contributed by atoms with Gasteiger partial charge in [-0.25, -0.2) is 0 Å². The maximum atomic E-state index is 7.79. The first kappa shape index (κ1) is 39.6. The zero-order valence-electron chi connectivity index (χ0n) is 38.7. The van der Waals surface area contributed by atoms with Crippen molar-refractivity contribution in [3.8, 4) is 101 Å². The second-order valence-corrected chi connectivity index (χ2v) is 19.7. The van der Waals surface area contributed by atoms with Gasteiger partial charge >= 0.3 is 11.7 Å². The number of hydrogen-bond acceptors (Lipinski definition) is 1. The van der Waals surface area contributed by atoms with Crippen LogP contribution in [0.15, 0.2) is 231 Å². The SMILES string of the molecule is CC(C)(C)c1cc(-c2ccccc2)c(-n2c3[n+]4c5c(cccc52)-c2cc(-c5ccccc5)cc5c2C4(Oc2ccccc2-3)[n+]2ccc(-c3ccc(-c4ccccc4)cc3)cc2-5)cc1-c1ccccc1. The molecular weight excluding hydrogens is 839 g/mol. The third-order valence-electron chi connectivity index (χ3n) is 14.7. The number of para-hydroxylation sites is 2. The van der Waals surface area contributed by atoms with Gasteiger partial charge in [-0.3, -0.25) is 0 Å². The molecule has 4 nitrogen and oxygen atoms in total. The van der Waals surface area contributed by atoms with Crippen LogP contribution in [0.1, 0.15) is 31.9 Å².